The van der Waals surface area contributed by atoms with E-state index in [2.05, 4.69) is 4.99 Å². The lowest BCUT2D eigenvalue weighted by molar-refractivity contribution is -0.137. The van der Waals surface area contributed by atoms with Crippen LogP contribution in [0.4, 0.5) is 13.2 Å². The summed E-state index contributed by atoms with van der Waals surface area (Å²) in [5.41, 5.74) is 1.47. The van der Waals surface area contributed by atoms with Gasteiger partial charge >= 0.3 is 6.18 Å². The number of rotatable bonds is 3. The number of alkyl halides is 3. The highest BCUT2D eigenvalue weighted by Gasteiger charge is 2.30. The van der Waals surface area contributed by atoms with Crippen LogP contribution in [0.5, 0.6) is 0 Å². The first kappa shape index (κ1) is 14.5. The van der Waals surface area contributed by atoms with Crippen molar-refractivity contribution >= 4 is 6.21 Å². The molecule has 1 aromatic rings. The van der Waals surface area contributed by atoms with Crippen molar-refractivity contribution in [3.63, 3.8) is 0 Å². The number of hydrogen-bond donors (Lipinski definition) is 0. The molecule has 0 spiro atoms. The van der Waals surface area contributed by atoms with E-state index in [0.717, 1.165) is 11.8 Å². The molecule has 0 saturated heterocycles. The van der Waals surface area contributed by atoms with Gasteiger partial charge in [0.05, 0.1) is 5.56 Å². The Hall–Kier alpha value is -1.58. The van der Waals surface area contributed by atoms with E-state index in [-0.39, 0.29) is 0 Å². The normalized spacial score (nSPS) is 13.3. The molecule has 0 saturated carbocycles. The van der Waals surface area contributed by atoms with Gasteiger partial charge < -0.3 is 0 Å². The number of nitrogens with zero attached hydrogens (tertiary/aromatic N) is 1. The van der Waals surface area contributed by atoms with Crippen LogP contribution in [-0.2, 0) is 12.6 Å². The highest BCUT2D eigenvalue weighted by atomic mass is 19.4. The molecule has 0 amide bonds. The second-order valence-corrected chi connectivity index (χ2v) is 4.15. The van der Waals surface area contributed by atoms with Gasteiger partial charge in [0.25, 0.3) is 0 Å². The van der Waals surface area contributed by atoms with E-state index in [0.29, 0.717) is 17.5 Å². The molecule has 0 aliphatic carbocycles. The Bertz CT molecular complexity index is 470. The van der Waals surface area contributed by atoms with Crippen LogP contribution in [0.15, 0.2) is 35.0 Å². The van der Waals surface area contributed by atoms with Crippen molar-refractivity contribution in [1.29, 1.82) is 0 Å². The van der Waals surface area contributed by atoms with E-state index < -0.39 is 11.7 Å². The van der Waals surface area contributed by atoms with Gasteiger partial charge in [0.1, 0.15) is 0 Å². The number of aryl methyl sites for hydroxylation is 1. The zero-order chi connectivity index (χ0) is 13.8. The Balaban J connectivity index is 2.91. The first-order valence-corrected chi connectivity index (χ1v) is 5.66. The molecule has 1 aromatic carbocycles. The minimum absolute atomic E-state index is 0.399. The molecular weight excluding hydrogens is 239 g/mol. The summed E-state index contributed by atoms with van der Waals surface area (Å²) in [5.74, 6) is 0. The molecular formula is C14H16F3N. The second kappa shape index (κ2) is 5.85. The lowest BCUT2D eigenvalue weighted by Crippen LogP contribution is -2.06. The van der Waals surface area contributed by atoms with Crippen LogP contribution in [-0.4, -0.2) is 6.21 Å². The first-order chi connectivity index (χ1) is 8.32. The molecule has 0 aliphatic heterocycles. The third-order valence-electron chi connectivity index (χ3n) is 2.50. The Morgan fingerprint density at radius 2 is 1.94 bits per heavy atom. The summed E-state index contributed by atoms with van der Waals surface area (Å²) in [7, 11) is 0. The fraction of sp³-hybridized carbons (Fsp3) is 0.357. The quantitative estimate of drug-likeness (QED) is 0.702. The summed E-state index contributed by atoms with van der Waals surface area (Å²) in [4.78, 5) is 4.11. The molecule has 98 valence electrons. The van der Waals surface area contributed by atoms with Gasteiger partial charge in [-0.05, 0) is 38.5 Å². The lowest BCUT2D eigenvalue weighted by atomic mass is 10.0. The van der Waals surface area contributed by atoms with Crippen LogP contribution in [0.3, 0.4) is 0 Å². The zero-order valence-corrected chi connectivity index (χ0v) is 10.7. The van der Waals surface area contributed by atoms with Crippen molar-refractivity contribution in [3.8, 4) is 0 Å². The molecule has 1 rings (SSSR count). The van der Waals surface area contributed by atoms with Gasteiger partial charge in [0, 0.05) is 18.3 Å². The topological polar surface area (TPSA) is 12.4 Å². The number of hydrogen-bond acceptors (Lipinski definition) is 1. The maximum Gasteiger partial charge on any atom is 0.416 e. The molecule has 0 aromatic heterocycles. The molecule has 18 heavy (non-hydrogen) atoms. The molecule has 0 radical (unpaired) electrons. The fourth-order valence-corrected chi connectivity index (χ4v) is 1.51. The highest BCUT2D eigenvalue weighted by Crippen LogP contribution is 2.30. The van der Waals surface area contributed by atoms with Crippen LogP contribution in [0.1, 0.15) is 30.5 Å². The Labute approximate surface area is 105 Å². The number of aliphatic imine (C=N–C) groups is 1. The molecule has 0 heterocycles. The fourth-order valence-electron chi connectivity index (χ4n) is 1.51. The summed E-state index contributed by atoms with van der Waals surface area (Å²) in [6.45, 7) is 5.36. The van der Waals surface area contributed by atoms with Crippen LogP contribution in [0.25, 0.3) is 0 Å². The Morgan fingerprint density at radius 1 is 1.28 bits per heavy atom. The minimum Gasteiger partial charge on any atom is -0.266 e. The van der Waals surface area contributed by atoms with Crippen molar-refractivity contribution < 1.29 is 13.2 Å². The number of benzene rings is 1. The SMILES string of the molecule is C/C=C(/C)N=CCc1cc(C)cc(C(F)(F)F)c1. The molecule has 0 N–H and O–H groups in total. The smallest absolute Gasteiger partial charge is 0.266 e. The van der Waals surface area contributed by atoms with Crippen molar-refractivity contribution in [2.75, 3.05) is 0 Å². The molecule has 0 atom stereocenters. The standard InChI is InChI=1S/C14H16F3N/c1-4-11(3)18-6-5-12-7-10(2)8-13(9-12)14(15,16)17/h4,6-9H,5H2,1-3H3/b11-4-,18-6?. The molecule has 4 heteroatoms. The van der Waals surface area contributed by atoms with Crippen LogP contribution in [0, 0.1) is 6.92 Å². The van der Waals surface area contributed by atoms with Gasteiger partial charge in [-0.25, -0.2) is 0 Å². The first-order valence-electron chi connectivity index (χ1n) is 5.66. The van der Waals surface area contributed by atoms with E-state index in [1.165, 1.54) is 6.07 Å². The monoisotopic (exact) mass is 255 g/mol. The van der Waals surface area contributed by atoms with Crippen molar-refractivity contribution in [2.45, 2.75) is 33.4 Å². The molecule has 0 bridgehead atoms. The van der Waals surface area contributed by atoms with Gasteiger partial charge in [-0.3, -0.25) is 4.99 Å². The summed E-state index contributed by atoms with van der Waals surface area (Å²) in [6, 6.07) is 4.06. The predicted octanol–water partition coefficient (Wildman–Crippen LogP) is 4.55. The average molecular weight is 255 g/mol. The summed E-state index contributed by atoms with van der Waals surface area (Å²) in [6.07, 6.45) is -0.425. The van der Waals surface area contributed by atoms with Gasteiger partial charge in [-0.1, -0.05) is 17.7 Å². The van der Waals surface area contributed by atoms with Gasteiger partial charge in [-0.2, -0.15) is 13.2 Å². The third kappa shape index (κ3) is 4.35. The molecule has 0 fully saturated rings. The zero-order valence-electron chi connectivity index (χ0n) is 10.7. The van der Waals surface area contributed by atoms with Crippen LogP contribution in [0.2, 0.25) is 0 Å². The number of halogens is 3. The van der Waals surface area contributed by atoms with E-state index in [1.807, 2.05) is 19.9 Å². The van der Waals surface area contributed by atoms with Crippen molar-refractivity contribution in [2.24, 2.45) is 4.99 Å². The molecule has 0 aliphatic rings. The second-order valence-electron chi connectivity index (χ2n) is 4.15. The summed E-state index contributed by atoms with van der Waals surface area (Å²) < 4.78 is 37.8. The Morgan fingerprint density at radius 3 is 2.50 bits per heavy atom. The largest absolute Gasteiger partial charge is 0.416 e. The van der Waals surface area contributed by atoms with Gasteiger partial charge in [0.2, 0.25) is 0 Å². The van der Waals surface area contributed by atoms with E-state index >= 15 is 0 Å². The molecule has 0 unspecified atom stereocenters. The van der Waals surface area contributed by atoms with Crippen LogP contribution < -0.4 is 0 Å². The van der Waals surface area contributed by atoms with Crippen molar-refractivity contribution in [1.82, 2.24) is 0 Å². The number of allylic oxidation sites excluding steroid dienone is 2. The maximum atomic E-state index is 12.6. The van der Waals surface area contributed by atoms with E-state index in [9.17, 15) is 13.2 Å². The summed E-state index contributed by atoms with van der Waals surface area (Å²) >= 11 is 0. The predicted molar refractivity (Wildman–Crippen MR) is 67.8 cm³/mol. The summed E-state index contributed by atoms with van der Waals surface area (Å²) in [5, 5.41) is 0. The lowest BCUT2D eigenvalue weighted by Gasteiger charge is -2.09. The van der Waals surface area contributed by atoms with E-state index in [4.69, 9.17) is 0 Å². The highest BCUT2D eigenvalue weighted by molar-refractivity contribution is 5.63. The van der Waals surface area contributed by atoms with Crippen molar-refractivity contribution in [3.05, 3.63) is 46.7 Å². The van der Waals surface area contributed by atoms with Crippen LogP contribution >= 0.6 is 0 Å². The van der Waals surface area contributed by atoms with E-state index in [1.54, 1.807) is 19.2 Å². The Kier molecular flexibility index (Phi) is 4.70. The van der Waals surface area contributed by atoms with Gasteiger partial charge in [-0.15, -0.1) is 0 Å². The van der Waals surface area contributed by atoms with Gasteiger partial charge in [0.15, 0.2) is 0 Å². The molecule has 1 nitrogen and oxygen atoms in total. The maximum absolute atomic E-state index is 12.6. The average Bonchev–Trinajstić information content (AvgIpc) is 2.27. The minimum atomic E-state index is -4.29. The third-order valence-corrected chi connectivity index (χ3v) is 2.50.